The lowest BCUT2D eigenvalue weighted by molar-refractivity contribution is -0.159. The zero-order valence-electron chi connectivity index (χ0n) is 17.2. The van der Waals surface area contributed by atoms with Crippen LogP contribution < -0.4 is 9.47 Å². The van der Waals surface area contributed by atoms with Crippen LogP contribution in [0, 0.1) is 0 Å². The second-order valence-electron chi connectivity index (χ2n) is 6.45. The van der Waals surface area contributed by atoms with Gasteiger partial charge in [0.1, 0.15) is 0 Å². The first-order valence-electron chi connectivity index (χ1n) is 9.15. The first kappa shape index (κ1) is 25.5. The van der Waals surface area contributed by atoms with E-state index in [4.69, 9.17) is 29.3 Å². The molecule has 2 rings (SSSR count). The minimum Gasteiger partial charge on any atom is -0.502 e. The summed E-state index contributed by atoms with van der Waals surface area (Å²) in [5.41, 5.74) is 0.950. The molecule has 11 nitrogen and oxygen atoms in total. The number of piperazine rings is 1. The van der Waals surface area contributed by atoms with Gasteiger partial charge in [0.25, 0.3) is 0 Å². The zero-order valence-corrected chi connectivity index (χ0v) is 18.0. The highest BCUT2D eigenvalue weighted by Gasteiger charge is 2.26. The number of aliphatic carboxylic acids is 2. The number of carboxylic acids is 2. The SMILES string of the molecule is CCCS(=O)(=O)N1CCN(Cc2cc(OC)c(O)c(OC)c2)CC1.O=C(O)C(=O)O. The maximum absolute atomic E-state index is 12.1. The summed E-state index contributed by atoms with van der Waals surface area (Å²) in [6.45, 7) is 4.89. The summed E-state index contributed by atoms with van der Waals surface area (Å²) >= 11 is 0. The van der Waals surface area contributed by atoms with Crippen LogP contribution in [0.25, 0.3) is 0 Å². The monoisotopic (exact) mass is 448 g/mol. The molecule has 12 heteroatoms. The molecule has 1 aromatic rings. The maximum atomic E-state index is 12.1. The number of ether oxygens (including phenoxy) is 2. The van der Waals surface area contributed by atoms with Gasteiger partial charge in [0.05, 0.1) is 20.0 Å². The van der Waals surface area contributed by atoms with Crippen molar-refractivity contribution < 1.29 is 42.8 Å². The fourth-order valence-electron chi connectivity index (χ4n) is 2.85. The first-order valence-corrected chi connectivity index (χ1v) is 10.8. The second kappa shape index (κ2) is 11.6. The number of hydrogen-bond donors (Lipinski definition) is 3. The smallest absolute Gasteiger partial charge is 0.414 e. The third-order valence-electron chi connectivity index (χ3n) is 4.32. The molecule has 0 radical (unpaired) electrons. The summed E-state index contributed by atoms with van der Waals surface area (Å²) < 4.78 is 36.1. The van der Waals surface area contributed by atoms with Crippen molar-refractivity contribution in [2.45, 2.75) is 19.9 Å². The lowest BCUT2D eigenvalue weighted by Gasteiger charge is -2.34. The molecule has 1 heterocycles. The van der Waals surface area contributed by atoms with Gasteiger partial charge < -0.3 is 24.8 Å². The molecule has 0 spiro atoms. The van der Waals surface area contributed by atoms with Gasteiger partial charge in [0.15, 0.2) is 11.5 Å². The highest BCUT2D eigenvalue weighted by Crippen LogP contribution is 2.37. The van der Waals surface area contributed by atoms with Crippen molar-refractivity contribution in [3.05, 3.63) is 17.7 Å². The van der Waals surface area contributed by atoms with Crippen LogP contribution in [0.2, 0.25) is 0 Å². The molecule has 0 aromatic heterocycles. The molecule has 1 aliphatic heterocycles. The third-order valence-corrected chi connectivity index (χ3v) is 6.39. The van der Waals surface area contributed by atoms with E-state index in [-0.39, 0.29) is 11.5 Å². The van der Waals surface area contributed by atoms with Crippen LogP contribution in [-0.2, 0) is 26.2 Å². The molecule has 0 bridgehead atoms. The molecule has 0 atom stereocenters. The van der Waals surface area contributed by atoms with Gasteiger partial charge in [-0.3, -0.25) is 4.90 Å². The molecule has 1 fully saturated rings. The average molecular weight is 448 g/mol. The van der Waals surface area contributed by atoms with Crippen LogP contribution in [0.5, 0.6) is 17.2 Å². The molecule has 3 N–H and O–H groups in total. The van der Waals surface area contributed by atoms with Crippen LogP contribution in [0.4, 0.5) is 0 Å². The van der Waals surface area contributed by atoms with E-state index in [0.29, 0.717) is 50.6 Å². The molecule has 0 unspecified atom stereocenters. The molecular formula is C18H28N2O9S. The lowest BCUT2D eigenvalue weighted by Crippen LogP contribution is -2.48. The van der Waals surface area contributed by atoms with Gasteiger partial charge in [-0.25, -0.2) is 18.0 Å². The number of aromatic hydroxyl groups is 1. The second-order valence-corrected chi connectivity index (χ2v) is 8.54. The Morgan fingerprint density at radius 2 is 1.47 bits per heavy atom. The Morgan fingerprint density at radius 1 is 1.00 bits per heavy atom. The highest BCUT2D eigenvalue weighted by molar-refractivity contribution is 7.89. The fourth-order valence-corrected chi connectivity index (χ4v) is 4.34. The molecule has 1 saturated heterocycles. The predicted molar refractivity (Wildman–Crippen MR) is 107 cm³/mol. The van der Waals surface area contributed by atoms with Crippen molar-refractivity contribution >= 4 is 22.0 Å². The van der Waals surface area contributed by atoms with Crippen LogP contribution >= 0.6 is 0 Å². The minimum absolute atomic E-state index is 0.0146. The highest BCUT2D eigenvalue weighted by atomic mass is 32.2. The number of nitrogens with zero attached hydrogens (tertiary/aromatic N) is 2. The molecule has 30 heavy (non-hydrogen) atoms. The first-order chi connectivity index (χ1) is 14.0. The molecule has 170 valence electrons. The topological polar surface area (TPSA) is 154 Å². The Bertz CT molecular complexity index is 797. The predicted octanol–water partition coefficient (Wildman–Crippen LogP) is 0.422. The normalized spacial score (nSPS) is 15.0. The van der Waals surface area contributed by atoms with Gasteiger partial charge in [0.2, 0.25) is 15.8 Å². The maximum Gasteiger partial charge on any atom is 0.414 e. The van der Waals surface area contributed by atoms with Crippen LogP contribution in [0.15, 0.2) is 12.1 Å². The third kappa shape index (κ3) is 7.35. The molecular weight excluding hydrogens is 420 g/mol. The van der Waals surface area contributed by atoms with Gasteiger partial charge >= 0.3 is 11.9 Å². The van der Waals surface area contributed by atoms with E-state index in [9.17, 15) is 13.5 Å². The average Bonchev–Trinajstić information content (AvgIpc) is 2.70. The number of hydrogen-bond acceptors (Lipinski definition) is 8. The number of carbonyl (C=O) groups is 2. The summed E-state index contributed by atoms with van der Waals surface area (Å²) in [6.07, 6.45) is 0.635. The quantitative estimate of drug-likeness (QED) is 0.500. The summed E-state index contributed by atoms with van der Waals surface area (Å²) in [7, 11) is -0.132. The van der Waals surface area contributed by atoms with Crippen LogP contribution in [-0.4, -0.2) is 91.0 Å². The summed E-state index contributed by atoms with van der Waals surface area (Å²) in [5.74, 6) is -2.72. The number of benzene rings is 1. The summed E-state index contributed by atoms with van der Waals surface area (Å²) in [5, 5.41) is 24.7. The van der Waals surface area contributed by atoms with E-state index < -0.39 is 22.0 Å². The van der Waals surface area contributed by atoms with Crippen molar-refractivity contribution in [3.63, 3.8) is 0 Å². The molecule has 0 amide bonds. The van der Waals surface area contributed by atoms with E-state index in [1.165, 1.54) is 14.2 Å². The number of phenols is 1. The Morgan fingerprint density at radius 3 is 1.83 bits per heavy atom. The van der Waals surface area contributed by atoms with E-state index in [1.54, 1.807) is 16.4 Å². The zero-order chi connectivity index (χ0) is 22.9. The summed E-state index contributed by atoms with van der Waals surface area (Å²) in [6, 6.07) is 3.55. The largest absolute Gasteiger partial charge is 0.502 e. The van der Waals surface area contributed by atoms with Crippen molar-refractivity contribution in [2.75, 3.05) is 46.2 Å². The van der Waals surface area contributed by atoms with Gasteiger partial charge in [-0.15, -0.1) is 0 Å². The molecule has 1 aliphatic rings. The standard InChI is InChI=1S/C16H26N2O5S.C2H2O4/c1-4-9-24(20,21)18-7-5-17(6-8-18)12-13-10-14(22-2)16(19)15(11-13)23-3;3-1(4)2(5)6/h10-11,19H,4-9,12H2,1-3H3;(H,3,4)(H,5,6). The molecule has 0 saturated carbocycles. The van der Waals surface area contributed by atoms with Crippen LogP contribution in [0.1, 0.15) is 18.9 Å². The Balaban J connectivity index is 0.000000656. The van der Waals surface area contributed by atoms with E-state index in [1.807, 2.05) is 6.92 Å². The van der Waals surface area contributed by atoms with Gasteiger partial charge in [-0.05, 0) is 24.1 Å². The Labute approximate surface area is 175 Å². The molecule has 1 aromatic carbocycles. The van der Waals surface area contributed by atoms with Crippen molar-refractivity contribution in [2.24, 2.45) is 0 Å². The number of carboxylic acid groups (broad SMARTS) is 2. The number of rotatable bonds is 7. The van der Waals surface area contributed by atoms with Crippen LogP contribution in [0.3, 0.4) is 0 Å². The van der Waals surface area contributed by atoms with Crippen molar-refractivity contribution in [3.8, 4) is 17.2 Å². The van der Waals surface area contributed by atoms with E-state index in [0.717, 1.165) is 5.56 Å². The van der Waals surface area contributed by atoms with Gasteiger partial charge in [-0.1, -0.05) is 6.92 Å². The van der Waals surface area contributed by atoms with Crippen molar-refractivity contribution in [1.82, 2.24) is 9.21 Å². The Kier molecular flexibility index (Phi) is 9.82. The number of methoxy groups -OCH3 is 2. The Hall–Kier alpha value is -2.57. The van der Waals surface area contributed by atoms with E-state index in [2.05, 4.69) is 4.90 Å². The molecule has 0 aliphatic carbocycles. The number of sulfonamides is 1. The van der Waals surface area contributed by atoms with E-state index >= 15 is 0 Å². The summed E-state index contributed by atoms with van der Waals surface area (Å²) in [4.78, 5) is 20.4. The number of phenolic OH excluding ortho intramolecular Hbond substituents is 1. The lowest BCUT2D eigenvalue weighted by atomic mass is 10.1. The van der Waals surface area contributed by atoms with Gasteiger partial charge in [0, 0.05) is 32.7 Å². The van der Waals surface area contributed by atoms with Gasteiger partial charge in [-0.2, -0.15) is 4.31 Å². The minimum atomic E-state index is -3.12. The fraction of sp³-hybridized carbons (Fsp3) is 0.556. The van der Waals surface area contributed by atoms with Crippen molar-refractivity contribution in [1.29, 1.82) is 0 Å².